The van der Waals surface area contributed by atoms with Crippen molar-refractivity contribution >= 4 is 38.9 Å². The van der Waals surface area contributed by atoms with E-state index in [1.807, 2.05) is 0 Å². The summed E-state index contributed by atoms with van der Waals surface area (Å²) in [6, 6.07) is 6.46. The van der Waals surface area contributed by atoms with E-state index in [9.17, 15) is 13.2 Å². The second kappa shape index (κ2) is 7.28. The third-order valence-electron chi connectivity index (χ3n) is 2.86. The molecule has 0 atom stereocenters. The molecular formula is C13H15ClN2O4S2. The maximum atomic E-state index is 12.0. The van der Waals surface area contributed by atoms with E-state index in [0.29, 0.717) is 16.6 Å². The molecule has 0 aliphatic heterocycles. The Balaban J connectivity index is 1.91. The largest absolute Gasteiger partial charge is 0.467 e. The van der Waals surface area contributed by atoms with E-state index < -0.39 is 10.0 Å². The first-order valence-electron chi connectivity index (χ1n) is 6.41. The van der Waals surface area contributed by atoms with Crippen LogP contribution in [0.1, 0.15) is 12.7 Å². The van der Waals surface area contributed by atoms with Crippen LogP contribution in [0.5, 0.6) is 0 Å². The van der Waals surface area contributed by atoms with Crippen molar-refractivity contribution in [2.24, 2.45) is 0 Å². The van der Waals surface area contributed by atoms with Crippen LogP contribution in [0.15, 0.2) is 39.2 Å². The van der Waals surface area contributed by atoms with Gasteiger partial charge in [0, 0.05) is 20.0 Å². The van der Waals surface area contributed by atoms with Gasteiger partial charge < -0.3 is 9.32 Å². The lowest BCUT2D eigenvalue weighted by Gasteiger charge is -2.19. The summed E-state index contributed by atoms with van der Waals surface area (Å²) in [4.78, 5) is 13.1. The second-order valence-electron chi connectivity index (χ2n) is 4.48. The number of thiophene rings is 1. The number of nitrogens with zero attached hydrogens (tertiary/aromatic N) is 1. The zero-order chi connectivity index (χ0) is 16.2. The Hall–Kier alpha value is -1.35. The summed E-state index contributed by atoms with van der Waals surface area (Å²) in [5, 5.41) is 0. The van der Waals surface area contributed by atoms with Crippen molar-refractivity contribution in [2.45, 2.75) is 17.7 Å². The van der Waals surface area contributed by atoms with Crippen LogP contribution in [0.3, 0.4) is 0 Å². The Labute approximate surface area is 137 Å². The van der Waals surface area contributed by atoms with Crippen molar-refractivity contribution in [3.63, 3.8) is 0 Å². The van der Waals surface area contributed by atoms with Gasteiger partial charge in [0.25, 0.3) is 0 Å². The van der Waals surface area contributed by atoms with Gasteiger partial charge in [-0.1, -0.05) is 11.6 Å². The van der Waals surface area contributed by atoms with E-state index in [1.54, 1.807) is 12.1 Å². The molecule has 0 aromatic carbocycles. The lowest BCUT2D eigenvalue weighted by molar-refractivity contribution is -0.129. The molecule has 0 saturated heterocycles. The molecule has 1 amide bonds. The van der Waals surface area contributed by atoms with Crippen LogP contribution >= 0.6 is 22.9 Å². The van der Waals surface area contributed by atoms with Gasteiger partial charge in [0.1, 0.15) is 9.97 Å². The smallest absolute Gasteiger partial charge is 0.250 e. The number of amides is 1. The first kappa shape index (κ1) is 17.0. The Morgan fingerprint density at radius 1 is 1.41 bits per heavy atom. The summed E-state index contributed by atoms with van der Waals surface area (Å²) < 4.78 is 32.3. The molecule has 0 aliphatic carbocycles. The minimum atomic E-state index is -3.60. The van der Waals surface area contributed by atoms with Gasteiger partial charge in [0.15, 0.2) is 0 Å². The molecule has 2 aromatic heterocycles. The molecule has 6 nitrogen and oxygen atoms in total. The predicted octanol–water partition coefficient (Wildman–Crippen LogP) is 2.32. The molecule has 0 fully saturated rings. The molecular weight excluding hydrogens is 348 g/mol. The number of furan rings is 1. The summed E-state index contributed by atoms with van der Waals surface area (Å²) in [5.74, 6) is 0.484. The molecule has 0 unspecified atom stereocenters. The predicted molar refractivity (Wildman–Crippen MR) is 84.3 cm³/mol. The highest BCUT2D eigenvalue weighted by atomic mass is 35.5. The molecule has 2 heterocycles. The highest BCUT2D eigenvalue weighted by Gasteiger charge is 2.17. The summed E-state index contributed by atoms with van der Waals surface area (Å²) in [7, 11) is -3.60. The van der Waals surface area contributed by atoms with Gasteiger partial charge >= 0.3 is 0 Å². The molecule has 0 radical (unpaired) electrons. The van der Waals surface area contributed by atoms with Crippen LogP contribution in [0.2, 0.25) is 4.34 Å². The number of carbonyl (C=O) groups is 1. The SMILES string of the molecule is CC(=O)N(CCNS(=O)(=O)c1ccc(Cl)s1)Cc1ccco1. The number of rotatable bonds is 7. The zero-order valence-electron chi connectivity index (χ0n) is 11.8. The fraction of sp³-hybridized carbons (Fsp3) is 0.308. The van der Waals surface area contributed by atoms with E-state index in [0.717, 1.165) is 11.3 Å². The van der Waals surface area contributed by atoms with E-state index in [-0.39, 0.29) is 23.2 Å². The average Bonchev–Trinajstić information content (AvgIpc) is 3.08. The van der Waals surface area contributed by atoms with Crippen molar-refractivity contribution in [1.29, 1.82) is 0 Å². The number of hydrogen-bond acceptors (Lipinski definition) is 5. The number of sulfonamides is 1. The molecule has 9 heteroatoms. The van der Waals surface area contributed by atoms with Crippen LogP contribution in [0.25, 0.3) is 0 Å². The van der Waals surface area contributed by atoms with Crippen LogP contribution < -0.4 is 4.72 Å². The minimum Gasteiger partial charge on any atom is -0.467 e. The minimum absolute atomic E-state index is 0.109. The van der Waals surface area contributed by atoms with Crippen molar-refractivity contribution in [1.82, 2.24) is 9.62 Å². The third-order valence-corrected chi connectivity index (χ3v) is 6.04. The van der Waals surface area contributed by atoms with Gasteiger partial charge in [-0.05, 0) is 24.3 Å². The maximum absolute atomic E-state index is 12.0. The van der Waals surface area contributed by atoms with Crippen LogP contribution in [0.4, 0.5) is 0 Å². The summed E-state index contributed by atoms with van der Waals surface area (Å²) in [6.45, 7) is 2.08. The normalized spacial score (nSPS) is 11.5. The molecule has 0 saturated carbocycles. The lowest BCUT2D eigenvalue weighted by atomic mass is 10.4. The van der Waals surface area contributed by atoms with Crippen molar-refractivity contribution in [3.05, 3.63) is 40.6 Å². The third kappa shape index (κ3) is 4.57. The summed E-state index contributed by atoms with van der Waals surface area (Å²) in [5.41, 5.74) is 0. The molecule has 120 valence electrons. The molecule has 1 N–H and O–H groups in total. The Bertz CT molecular complexity index is 725. The monoisotopic (exact) mass is 362 g/mol. The number of nitrogens with one attached hydrogen (secondary N) is 1. The van der Waals surface area contributed by atoms with Gasteiger partial charge in [-0.3, -0.25) is 4.79 Å². The summed E-state index contributed by atoms with van der Waals surface area (Å²) in [6.07, 6.45) is 1.52. The van der Waals surface area contributed by atoms with Crippen molar-refractivity contribution in [3.8, 4) is 0 Å². The average molecular weight is 363 g/mol. The zero-order valence-corrected chi connectivity index (χ0v) is 14.2. The Morgan fingerprint density at radius 2 is 2.18 bits per heavy atom. The molecule has 22 heavy (non-hydrogen) atoms. The van der Waals surface area contributed by atoms with E-state index in [1.165, 1.54) is 30.2 Å². The van der Waals surface area contributed by atoms with E-state index in [2.05, 4.69) is 4.72 Å². The van der Waals surface area contributed by atoms with E-state index >= 15 is 0 Å². The molecule has 0 spiro atoms. The molecule has 2 aromatic rings. The first-order valence-corrected chi connectivity index (χ1v) is 9.09. The van der Waals surface area contributed by atoms with Crippen molar-refractivity contribution < 1.29 is 17.6 Å². The Morgan fingerprint density at radius 3 is 2.73 bits per heavy atom. The number of hydrogen-bond donors (Lipinski definition) is 1. The lowest BCUT2D eigenvalue weighted by Crippen LogP contribution is -2.36. The highest BCUT2D eigenvalue weighted by molar-refractivity contribution is 7.91. The number of carbonyl (C=O) groups excluding carboxylic acids is 1. The Kier molecular flexibility index (Phi) is 5.63. The fourth-order valence-electron chi connectivity index (χ4n) is 1.77. The molecule has 2 rings (SSSR count). The van der Waals surface area contributed by atoms with Crippen LogP contribution in [0, 0.1) is 0 Å². The topological polar surface area (TPSA) is 79.6 Å². The van der Waals surface area contributed by atoms with Gasteiger partial charge in [0.05, 0.1) is 17.1 Å². The van der Waals surface area contributed by atoms with Crippen molar-refractivity contribution in [2.75, 3.05) is 13.1 Å². The maximum Gasteiger partial charge on any atom is 0.250 e. The number of halogens is 1. The van der Waals surface area contributed by atoms with E-state index in [4.69, 9.17) is 16.0 Å². The second-order valence-corrected chi connectivity index (χ2v) is 8.19. The highest BCUT2D eigenvalue weighted by Crippen LogP contribution is 2.25. The van der Waals surface area contributed by atoms with Crippen LogP contribution in [-0.2, 0) is 21.4 Å². The van der Waals surface area contributed by atoms with Crippen LogP contribution in [-0.4, -0.2) is 32.3 Å². The van der Waals surface area contributed by atoms with Gasteiger partial charge in [-0.25, -0.2) is 13.1 Å². The standard InChI is InChI=1S/C13H15ClN2O4S2/c1-10(17)16(9-11-3-2-8-20-11)7-6-15-22(18,19)13-5-4-12(14)21-13/h2-5,8,15H,6-7,9H2,1H3. The fourth-order valence-corrected chi connectivity index (χ4v) is 4.32. The molecule has 0 bridgehead atoms. The van der Waals surface area contributed by atoms with Gasteiger partial charge in [-0.2, -0.15) is 0 Å². The summed E-state index contributed by atoms with van der Waals surface area (Å²) >= 11 is 6.72. The molecule has 0 aliphatic rings. The van der Waals surface area contributed by atoms with Gasteiger partial charge in [-0.15, -0.1) is 11.3 Å². The first-order chi connectivity index (χ1) is 10.4. The quantitative estimate of drug-likeness (QED) is 0.819. The van der Waals surface area contributed by atoms with Gasteiger partial charge in [0.2, 0.25) is 15.9 Å².